The molecule has 4 aromatic rings. The van der Waals surface area contributed by atoms with Gasteiger partial charge in [-0.3, -0.25) is 9.48 Å². The Hall–Kier alpha value is -4.08. The SMILES string of the molecule is CC(F)(F)c1cccc(CNC(=O)CCCCn2cc(Cn3c(C(=O)O)cc4ccccc43)nn2)c1. The standard InChI is InChI=1S/C26H27F2N5O3/c1-26(27,28)20-9-6-7-18(13-20)15-29-24(34)11-4-5-12-32-16-21(30-31-32)17-33-22-10-3-2-8-19(22)14-23(33)25(35)36/h2-3,6-10,13-14,16H,4-5,11-12,15,17H2,1H3,(H,29,34)(H,35,36). The smallest absolute Gasteiger partial charge is 0.352 e. The number of rotatable bonds is 11. The summed E-state index contributed by atoms with van der Waals surface area (Å²) in [5.41, 5.74) is 2.18. The maximum absolute atomic E-state index is 13.5. The van der Waals surface area contributed by atoms with Gasteiger partial charge in [-0.05, 0) is 36.6 Å². The summed E-state index contributed by atoms with van der Waals surface area (Å²) in [6, 6.07) is 15.1. The van der Waals surface area contributed by atoms with Crippen LogP contribution < -0.4 is 5.32 Å². The van der Waals surface area contributed by atoms with E-state index >= 15 is 0 Å². The van der Waals surface area contributed by atoms with E-state index in [1.807, 2.05) is 24.3 Å². The fourth-order valence-electron chi connectivity index (χ4n) is 4.04. The molecular weight excluding hydrogens is 468 g/mol. The molecule has 0 atom stereocenters. The van der Waals surface area contributed by atoms with Gasteiger partial charge in [0.1, 0.15) is 11.4 Å². The van der Waals surface area contributed by atoms with Crippen LogP contribution >= 0.6 is 0 Å². The number of aromatic nitrogens is 4. The molecule has 4 rings (SSSR count). The number of carboxylic acid groups (broad SMARTS) is 1. The molecular formula is C26H27F2N5O3. The lowest BCUT2D eigenvalue weighted by Gasteiger charge is -2.12. The van der Waals surface area contributed by atoms with Crippen molar-refractivity contribution < 1.29 is 23.5 Å². The summed E-state index contributed by atoms with van der Waals surface area (Å²) in [6.45, 7) is 1.88. The van der Waals surface area contributed by atoms with Crippen molar-refractivity contribution in [3.63, 3.8) is 0 Å². The van der Waals surface area contributed by atoms with Crippen LogP contribution in [0.3, 0.4) is 0 Å². The van der Waals surface area contributed by atoms with Crippen LogP contribution in [-0.2, 0) is 30.4 Å². The van der Waals surface area contributed by atoms with E-state index < -0.39 is 11.9 Å². The molecule has 0 bridgehead atoms. The number of para-hydroxylation sites is 1. The summed E-state index contributed by atoms with van der Waals surface area (Å²) in [7, 11) is 0. The summed E-state index contributed by atoms with van der Waals surface area (Å²) in [4.78, 5) is 23.8. The Morgan fingerprint density at radius 3 is 2.67 bits per heavy atom. The third kappa shape index (κ3) is 6.12. The molecule has 8 nitrogen and oxygen atoms in total. The van der Waals surface area contributed by atoms with Gasteiger partial charge in [-0.15, -0.1) is 5.10 Å². The minimum atomic E-state index is -2.92. The Balaban J connectivity index is 1.24. The monoisotopic (exact) mass is 495 g/mol. The molecule has 2 aromatic heterocycles. The molecule has 0 spiro atoms. The highest BCUT2D eigenvalue weighted by atomic mass is 19.3. The van der Waals surface area contributed by atoms with Gasteiger partial charge in [0, 0.05) is 42.9 Å². The maximum Gasteiger partial charge on any atom is 0.352 e. The Kier molecular flexibility index (Phi) is 7.42. The molecule has 0 radical (unpaired) electrons. The largest absolute Gasteiger partial charge is 0.477 e. The number of carbonyl (C=O) groups excluding carboxylic acids is 1. The van der Waals surface area contributed by atoms with Gasteiger partial charge in [-0.1, -0.05) is 41.6 Å². The van der Waals surface area contributed by atoms with E-state index in [1.165, 1.54) is 12.1 Å². The molecule has 0 aliphatic carbocycles. The molecule has 0 fully saturated rings. The fraction of sp³-hybridized carbons (Fsp3) is 0.308. The van der Waals surface area contributed by atoms with Crippen molar-refractivity contribution in [1.82, 2.24) is 24.9 Å². The summed E-state index contributed by atoms with van der Waals surface area (Å²) >= 11 is 0. The average molecular weight is 496 g/mol. The Labute approximate surface area is 206 Å². The molecule has 36 heavy (non-hydrogen) atoms. The number of carboxylic acids is 1. The molecule has 0 aliphatic heterocycles. The number of nitrogens with one attached hydrogen (secondary N) is 1. The van der Waals surface area contributed by atoms with E-state index in [1.54, 1.807) is 33.6 Å². The number of aryl methyl sites for hydroxylation is 1. The highest BCUT2D eigenvalue weighted by Gasteiger charge is 2.24. The molecule has 2 N–H and O–H groups in total. The molecule has 2 aromatic carbocycles. The topological polar surface area (TPSA) is 102 Å². The average Bonchev–Trinajstić information content (AvgIpc) is 3.45. The number of hydrogen-bond acceptors (Lipinski definition) is 4. The lowest BCUT2D eigenvalue weighted by atomic mass is 10.1. The van der Waals surface area contributed by atoms with Crippen LogP contribution in [0.4, 0.5) is 8.78 Å². The molecule has 188 valence electrons. The Morgan fingerprint density at radius 1 is 1.08 bits per heavy atom. The first-order chi connectivity index (χ1) is 17.2. The van der Waals surface area contributed by atoms with Crippen LogP contribution in [0.25, 0.3) is 10.9 Å². The van der Waals surface area contributed by atoms with Gasteiger partial charge in [0.05, 0.1) is 12.7 Å². The summed E-state index contributed by atoms with van der Waals surface area (Å²) in [6.07, 6.45) is 3.40. The van der Waals surface area contributed by atoms with Crippen molar-refractivity contribution in [3.8, 4) is 0 Å². The predicted molar refractivity (Wildman–Crippen MR) is 130 cm³/mol. The minimum absolute atomic E-state index is 0.0782. The van der Waals surface area contributed by atoms with E-state index in [2.05, 4.69) is 15.6 Å². The van der Waals surface area contributed by atoms with E-state index in [9.17, 15) is 23.5 Å². The minimum Gasteiger partial charge on any atom is -0.477 e. The molecule has 0 aliphatic rings. The number of alkyl halides is 2. The number of amides is 1. The zero-order chi connectivity index (χ0) is 25.7. The van der Waals surface area contributed by atoms with Crippen LogP contribution in [0.5, 0.6) is 0 Å². The summed E-state index contributed by atoms with van der Waals surface area (Å²) in [5, 5.41) is 21.5. The summed E-state index contributed by atoms with van der Waals surface area (Å²) in [5.74, 6) is -4.08. The number of nitrogens with zero attached hydrogens (tertiary/aromatic N) is 4. The van der Waals surface area contributed by atoms with E-state index in [4.69, 9.17) is 0 Å². The van der Waals surface area contributed by atoms with Crippen molar-refractivity contribution in [3.05, 3.63) is 83.3 Å². The van der Waals surface area contributed by atoms with Gasteiger partial charge >= 0.3 is 5.97 Å². The maximum atomic E-state index is 13.5. The third-order valence-corrected chi connectivity index (χ3v) is 5.90. The van der Waals surface area contributed by atoms with Crippen molar-refractivity contribution in [1.29, 1.82) is 0 Å². The van der Waals surface area contributed by atoms with E-state index in [-0.39, 0.29) is 30.3 Å². The second-order valence-corrected chi connectivity index (χ2v) is 8.78. The Bertz CT molecular complexity index is 1370. The molecule has 0 unspecified atom stereocenters. The highest BCUT2D eigenvalue weighted by Crippen LogP contribution is 2.27. The molecule has 0 saturated carbocycles. The van der Waals surface area contributed by atoms with Crippen molar-refractivity contribution >= 4 is 22.8 Å². The van der Waals surface area contributed by atoms with Crippen molar-refractivity contribution in [2.24, 2.45) is 0 Å². The molecule has 0 saturated heterocycles. The van der Waals surface area contributed by atoms with Crippen molar-refractivity contribution in [2.45, 2.75) is 51.7 Å². The zero-order valence-electron chi connectivity index (χ0n) is 19.8. The van der Waals surface area contributed by atoms with E-state index in [0.717, 1.165) is 17.8 Å². The normalized spacial score (nSPS) is 11.6. The third-order valence-electron chi connectivity index (χ3n) is 5.90. The van der Waals surface area contributed by atoms with Crippen LogP contribution in [0.15, 0.2) is 60.8 Å². The first-order valence-corrected chi connectivity index (χ1v) is 11.7. The number of unbranched alkanes of at least 4 members (excludes halogenated alkanes) is 1. The lowest BCUT2D eigenvalue weighted by molar-refractivity contribution is -0.121. The molecule has 10 heteroatoms. The Morgan fingerprint density at radius 2 is 1.89 bits per heavy atom. The molecule has 1 amide bonds. The van der Waals surface area contributed by atoms with Gasteiger partial charge in [0.25, 0.3) is 5.92 Å². The second kappa shape index (κ2) is 10.7. The first kappa shape index (κ1) is 25.0. The van der Waals surface area contributed by atoms with Gasteiger partial charge in [-0.2, -0.15) is 0 Å². The van der Waals surface area contributed by atoms with Gasteiger partial charge in [0.15, 0.2) is 0 Å². The fourth-order valence-corrected chi connectivity index (χ4v) is 4.04. The molecule has 2 heterocycles. The van der Waals surface area contributed by atoms with Crippen LogP contribution in [-0.4, -0.2) is 36.5 Å². The predicted octanol–water partition coefficient (Wildman–Crippen LogP) is 4.58. The van der Waals surface area contributed by atoms with Crippen LogP contribution in [0.2, 0.25) is 0 Å². The highest BCUT2D eigenvalue weighted by molar-refractivity contribution is 5.94. The van der Waals surface area contributed by atoms with Gasteiger partial charge in [0.2, 0.25) is 5.91 Å². The van der Waals surface area contributed by atoms with Gasteiger partial charge < -0.3 is 15.0 Å². The van der Waals surface area contributed by atoms with Crippen LogP contribution in [0, 0.1) is 0 Å². The summed E-state index contributed by atoms with van der Waals surface area (Å²) < 4.78 is 30.3. The second-order valence-electron chi connectivity index (χ2n) is 8.78. The quantitative estimate of drug-likeness (QED) is 0.297. The zero-order valence-corrected chi connectivity index (χ0v) is 19.8. The number of carbonyl (C=O) groups is 2. The first-order valence-electron chi connectivity index (χ1n) is 11.7. The van der Waals surface area contributed by atoms with E-state index in [0.29, 0.717) is 37.1 Å². The number of benzene rings is 2. The number of halogens is 2. The number of fused-ring (bicyclic) bond motifs is 1. The lowest BCUT2D eigenvalue weighted by Crippen LogP contribution is -2.22. The number of aromatic carboxylic acids is 1. The number of hydrogen-bond donors (Lipinski definition) is 2. The van der Waals surface area contributed by atoms with Crippen molar-refractivity contribution in [2.75, 3.05) is 0 Å². The van der Waals surface area contributed by atoms with Crippen LogP contribution in [0.1, 0.15) is 53.5 Å². The van der Waals surface area contributed by atoms with Gasteiger partial charge in [-0.25, -0.2) is 13.6 Å².